The summed E-state index contributed by atoms with van der Waals surface area (Å²) in [6.45, 7) is 2.65. The second-order valence-corrected chi connectivity index (χ2v) is 5.66. The van der Waals surface area contributed by atoms with E-state index in [1.165, 1.54) is 4.88 Å². The molecule has 0 fully saturated rings. The van der Waals surface area contributed by atoms with E-state index in [1.54, 1.807) is 18.4 Å². The highest BCUT2D eigenvalue weighted by Crippen LogP contribution is 2.31. The van der Waals surface area contributed by atoms with Crippen molar-refractivity contribution in [3.05, 3.63) is 52.2 Å². The molecule has 3 nitrogen and oxygen atoms in total. The van der Waals surface area contributed by atoms with Gasteiger partial charge in [0.05, 0.1) is 13.7 Å². The van der Waals surface area contributed by atoms with Crippen molar-refractivity contribution >= 4 is 11.3 Å². The molecule has 0 amide bonds. The number of thiophene rings is 1. The van der Waals surface area contributed by atoms with E-state index in [0.29, 0.717) is 6.61 Å². The van der Waals surface area contributed by atoms with Gasteiger partial charge in [-0.2, -0.15) is 0 Å². The minimum Gasteiger partial charge on any atom is -0.496 e. The molecule has 0 saturated heterocycles. The van der Waals surface area contributed by atoms with Gasteiger partial charge in [-0.3, -0.25) is 0 Å². The van der Waals surface area contributed by atoms with E-state index in [2.05, 4.69) is 18.4 Å². The number of para-hydroxylation sites is 1. The Kier molecular flexibility index (Phi) is 5.59. The Labute approximate surface area is 124 Å². The van der Waals surface area contributed by atoms with Crippen LogP contribution < -0.4 is 10.5 Å². The number of rotatable bonds is 7. The van der Waals surface area contributed by atoms with Crippen LogP contribution in [0.4, 0.5) is 0 Å². The van der Waals surface area contributed by atoms with Gasteiger partial charge in [0.25, 0.3) is 0 Å². The first-order chi connectivity index (χ1) is 9.76. The summed E-state index contributed by atoms with van der Waals surface area (Å²) in [6, 6.07) is 12.0. The molecule has 0 aliphatic carbocycles. The second kappa shape index (κ2) is 7.43. The van der Waals surface area contributed by atoms with Crippen LogP contribution in [0.5, 0.6) is 5.75 Å². The quantitative estimate of drug-likeness (QED) is 0.845. The van der Waals surface area contributed by atoms with E-state index in [4.69, 9.17) is 15.2 Å². The molecule has 4 heteroatoms. The third kappa shape index (κ3) is 3.60. The normalized spacial score (nSPS) is 13.9. The van der Waals surface area contributed by atoms with Gasteiger partial charge in [0, 0.05) is 16.5 Å². The molecular formula is C16H21NO2S. The Balaban J connectivity index is 2.18. The first-order valence-electron chi connectivity index (χ1n) is 6.78. The number of hydrogen-bond donors (Lipinski definition) is 1. The third-order valence-corrected chi connectivity index (χ3v) is 4.14. The zero-order chi connectivity index (χ0) is 14.4. The maximum Gasteiger partial charge on any atom is 0.124 e. The highest BCUT2D eigenvalue weighted by Gasteiger charge is 2.22. The average Bonchev–Trinajstić information content (AvgIpc) is 3.01. The van der Waals surface area contributed by atoms with E-state index < -0.39 is 0 Å². The Morgan fingerprint density at radius 3 is 2.65 bits per heavy atom. The van der Waals surface area contributed by atoms with E-state index >= 15 is 0 Å². The number of hydrogen-bond acceptors (Lipinski definition) is 4. The maximum absolute atomic E-state index is 6.24. The zero-order valence-electron chi connectivity index (χ0n) is 11.9. The zero-order valence-corrected chi connectivity index (χ0v) is 12.7. The molecule has 0 bridgehead atoms. The summed E-state index contributed by atoms with van der Waals surface area (Å²) in [5, 5.41) is 2.05. The van der Waals surface area contributed by atoms with Gasteiger partial charge in [-0.1, -0.05) is 31.2 Å². The molecule has 2 atom stereocenters. The van der Waals surface area contributed by atoms with Crippen LogP contribution in [0.25, 0.3) is 0 Å². The summed E-state index contributed by atoms with van der Waals surface area (Å²) in [5.41, 5.74) is 7.25. The van der Waals surface area contributed by atoms with Crippen LogP contribution in [0.1, 0.15) is 29.9 Å². The van der Waals surface area contributed by atoms with E-state index in [0.717, 1.165) is 17.7 Å². The summed E-state index contributed by atoms with van der Waals surface area (Å²) in [7, 11) is 1.67. The Hall–Kier alpha value is -1.36. The van der Waals surface area contributed by atoms with Gasteiger partial charge in [-0.05, 0) is 23.9 Å². The molecular weight excluding hydrogens is 270 g/mol. The van der Waals surface area contributed by atoms with Gasteiger partial charge in [-0.25, -0.2) is 0 Å². The SMILES string of the molecule is CCC(N)C(OCc1cccs1)c1ccccc1OC. The van der Waals surface area contributed by atoms with Gasteiger partial charge in [-0.15, -0.1) is 11.3 Å². The molecule has 0 radical (unpaired) electrons. The van der Waals surface area contributed by atoms with Gasteiger partial charge >= 0.3 is 0 Å². The summed E-state index contributed by atoms with van der Waals surface area (Å²) < 4.78 is 11.5. The van der Waals surface area contributed by atoms with E-state index in [-0.39, 0.29) is 12.1 Å². The summed E-state index contributed by atoms with van der Waals surface area (Å²) in [6.07, 6.45) is 0.700. The van der Waals surface area contributed by atoms with Gasteiger partial charge in [0.15, 0.2) is 0 Å². The standard InChI is InChI=1S/C16H21NO2S/c1-3-14(17)16(19-11-12-7-6-10-20-12)13-8-4-5-9-15(13)18-2/h4-10,14,16H,3,11,17H2,1-2H3. The molecule has 1 aromatic heterocycles. The molecule has 108 valence electrons. The lowest BCUT2D eigenvalue weighted by atomic mass is 10.00. The Morgan fingerprint density at radius 2 is 2.00 bits per heavy atom. The van der Waals surface area contributed by atoms with Crippen molar-refractivity contribution in [3.8, 4) is 5.75 Å². The Bertz CT molecular complexity index is 513. The molecule has 1 heterocycles. The lowest BCUT2D eigenvalue weighted by Crippen LogP contribution is -2.29. The fourth-order valence-corrected chi connectivity index (χ4v) is 2.75. The predicted octanol–water partition coefficient (Wildman–Crippen LogP) is 3.75. The number of benzene rings is 1. The lowest BCUT2D eigenvalue weighted by molar-refractivity contribution is 0.0212. The molecule has 1 aromatic carbocycles. The van der Waals surface area contributed by atoms with Crippen molar-refractivity contribution in [1.29, 1.82) is 0 Å². The molecule has 20 heavy (non-hydrogen) atoms. The molecule has 2 unspecified atom stereocenters. The molecule has 2 N–H and O–H groups in total. The van der Waals surface area contributed by atoms with Crippen LogP contribution in [0.2, 0.25) is 0 Å². The maximum atomic E-state index is 6.24. The summed E-state index contributed by atoms with van der Waals surface area (Å²) >= 11 is 1.69. The van der Waals surface area contributed by atoms with Gasteiger partial charge < -0.3 is 15.2 Å². The number of methoxy groups -OCH3 is 1. The monoisotopic (exact) mass is 291 g/mol. The van der Waals surface area contributed by atoms with Crippen molar-refractivity contribution in [2.24, 2.45) is 5.73 Å². The molecule has 2 aromatic rings. The van der Waals surface area contributed by atoms with Crippen LogP contribution in [0.15, 0.2) is 41.8 Å². The van der Waals surface area contributed by atoms with Gasteiger partial charge in [0.2, 0.25) is 0 Å². The van der Waals surface area contributed by atoms with Crippen LogP contribution in [-0.4, -0.2) is 13.2 Å². The molecule has 0 aliphatic heterocycles. The first-order valence-corrected chi connectivity index (χ1v) is 7.66. The van der Waals surface area contributed by atoms with Crippen molar-refractivity contribution < 1.29 is 9.47 Å². The predicted molar refractivity (Wildman–Crippen MR) is 83.1 cm³/mol. The minimum atomic E-state index is -0.154. The topological polar surface area (TPSA) is 44.5 Å². The lowest BCUT2D eigenvalue weighted by Gasteiger charge is -2.25. The highest BCUT2D eigenvalue weighted by atomic mass is 32.1. The van der Waals surface area contributed by atoms with Crippen molar-refractivity contribution in [3.63, 3.8) is 0 Å². The molecule has 0 spiro atoms. The van der Waals surface area contributed by atoms with Crippen molar-refractivity contribution in [1.82, 2.24) is 0 Å². The Morgan fingerprint density at radius 1 is 1.20 bits per heavy atom. The summed E-state index contributed by atoms with van der Waals surface area (Å²) in [4.78, 5) is 1.20. The highest BCUT2D eigenvalue weighted by molar-refractivity contribution is 7.09. The van der Waals surface area contributed by atoms with Gasteiger partial charge in [0.1, 0.15) is 11.9 Å². The first kappa shape index (κ1) is 15.0. The molecule has 0 aliphatic rings. The molecule has 0 saturated carbocycles. The van der Waals surface area contributed by atoms with Crippen LogP contribution in [0.3, 0.4) is 0 Å². The smallest absolute Gasteiger partial charge is 0.124 e. The van der Waals surface area contributed by atoms with Crippen molar-refractivity contribution in [2.45, 2.75) is 32.1 Å². The third-order valence-electron chi connectivity index (χ3n) is 3.29. The van der Waals surface area contributed by atoms with Crippen molar-refractivity contribution in [2.75, 3.05) is 7.11 Å². The fraction of sp³-hybridized carbons (Fsp3) is 0.375. The minimum absolute atomic E-state index is 0.0498. The summed E-state index contributed by atoms with van der Waals surface area (Å²) in [5.74, 6) is 0.826. The molecule has 2 rings (SSSR count). The average molecular weight is 291 g/mol. The number of nitrogens with two attached hydrogens (primary N) is 1. The van der Waals surface area contributed by atoms with Crippen LogP contribution in [-0.2, 0) is 11.3 Å². The second-order valence-electron chi connectivity index (χ2n) is 4.63. The largest absolute Gasteiger partial charge is 0.496 e. The van der Waals surface area contributed by atoms with Crippen LogP contribution in [0, 0.1) is 0 Å². The number of ether oxygens (including phenoxy) is 2. The fourth-order valence-electron chi connectivity index (χ4n) is 2.13. The van der Waals surface area contributed by atoms with Crippen LogP contribution >= 0.6 is 11.3 Å². The van der Waals surface area contributed by atoms with E-state index in [9.17, 15) is 0 Å². The van der Waals surface area contributed by atoms with E-state index in [1.807, 2.05) is 30.3 Å².